The van der Waals surface area contributed by atoms with Gasteiger partial charge in [0.2, 0.25) is 5.91 Å². The van der Waals surface area contributed by atoms with E-state index >= 15 is 0 Å². The molecule has 0 spiro atoms. The number of hydrogen-bond donors (Lipinski definition) is 2. The van der Waals surface area contributed by atoms with E-state index < -0.39 is 0 Å². The quantitative estimate of drug-likeness (QED) is 0.700. The molecule has 1 aromatic carbocycles. The van der Waals surface area contributed by atoms with E-state index in [9.17, 15) is 4.79 Å². The van der Waals surface area contributed by atoms with Gasteiger partial charge in [-0.2, -0.15) is 0 Å². The summed E-state index contributed by atoms with van der Waals surface area (Å²) >= 11 is 1.43. The first-order chi connectivity index (χ1) is 11.2. The molecule has 2 aromatic heterocycles. The van der Waals surface area contributed by atoms with Crippen molar-refractivity contribution in [1.29, 1.82) is 0 Å². The topological polar surface area (TPSA) is 70.7 Å². The van der Waals surface area contributed by atoms with Gasteiger partial charge in [-0.25, -0.2) is 9.97 Å². The van der Waals surface area contributed by atoms with Crippen LogP contribution in [-0.2, 0) is 4.79 Å². The van der Waals surface area contributed by atoms with Crippen molar-refractivity contribution in [2.24, 2.45) is 0 Å². The third kappa shape index (κ3) is 3.71. The van der Waals surface area contributed by atoms with E-state index in [0.29, 0.717) is 17.2 Å². The van der Waals surface area contributed by atoms with Crippen LogP contribution in [0.3, 0.4) is 0 Å². The normalized spacial score (nSPS) is 12.3. The van der Waals surface area contributed by atoms with Crippen molar-refractivity contribution in [3.63, 3.8) is 0 Å². The number of aryl methyl sites for hydroxylation is 1. The van der Waals surface area contributed by atoms with Crippen LogP contribution in [0.4, 0.5) is 5.69 Å². The molecule has 1 amide bonds. The first-order valence-corrected chi connectivity index (χ1v) is 8.38. The van der Waals surface area contributed by atoms with Gasteiger partial charge in [-0.15, -0.1) is 0 Å². The molecular weight excluding hydrogens is 308 g/mol. The van der Waals surface area contributed by atoms with E-state index in [0.717, 1.165) is 11.2 Å². The summed E-state index contributed by atoms with van der Waals surface area (Å²) in [5.74, 6) is -0.0187. The number of aromatic amines is 1. The highest BCUT2D eigenvalue weighted by atomic mass is 32.2. The van der Waals surface area contributed by atoms with Crippen LogP contribution < -0.4 is 5.32 Å². The number of anilines is 1. The average Bonchev–Trinajstić information content (AvgIpc) is 2.97. The molecule has 0 radical (unpaired) electrons. The summed E-state index contributed by atoms with van der Waals surface area (Å²) in [7, 11) is 0. The fraction of sp³-hybridized carbons (Fsp3) is 0.235. The summed E-state index contributed by atoms with van der Waals surface area (Å²) in [6.07, 6.45) is 2.42. The minimum absolute atomic E-state index is 0.0187. The number of H-pyrrole nitrogens is 1. The van der Waals surface area contributed by atoms with Gasteiger partial charge in [0.05, 0.1) is 10.8 Å². The largest absolute Gasteiger partial charge is 0.332 e. The van der Waals surface area contributed by atoms with Crippen LogP contribution in [0.2, 0.25) is 0 Å². The number of aromatic nitrogens is 3. The molecule has 0 saturated carbocycles. The van der Waals surface area contributed by atoms with Crippen LogP contribution in [0.15, 0.2) is 47.8 Å². The summed E-state index contributed by atoms with van der Waals surface area (Å²) in [6.45, 7) is 4.01. The molecule has 5 nitrogen and oxygen atoms in total. The predicted octanol–water partition coefficient (Wildman–Crippen LogP) is 3.78. The standard InChI is InChI=1S/C17H18N4OS/c1-3-14(16(22)19-12-8-6-11(2)7-9-12)23-17-20-13-5-4-10-18-15(13)21-17/h4-10,14H,3H2,1-2H3,(H,19,22)(H,18,20,21)/t14-/m0/s1. The van der Waals surface area contributed by atoms with E-state index in [1.165, 1.54) is 17.3 Å². The van der Waals surface area contributed by atoms with Crippen LogP contribution in [0.5, 0.6) is 0 Å². The molecule has 0 aliphatic heterocycles. The second-order valence-electron chi connectivity index (χ2n) is 5.29. The number of imidazole rings is 1. The molecule has 3 rings (SSSR count). The van der Waals surface area contributed by atoms with Gasteiger partial charge in [0, 0.05) is 11.9 Å². The fourth-order valence-electron chi connectivity index (χ4n) is 2.20. The summed E-state index contributed by atoms with van der Waals surface area (Å²) in [4.78, 5) is 24.3. The Morgan fingerprint density at radius 2 is 2.09 bits per heavy atom. The molecule has 2 N–H and O–H groups in total. The maximum atomic E-state index is 12.5. The molecule has 0 bridgehead atoms. The lowest BCUT2D eigenvalue weighted by molar-refractivity contribution is -0.115. The van der Waals surface area contributed by atoms with Crippen LogP contribution in [-0.4, -0.2) is 26.1 Å². The average molecular weight is 326 g/mol. The third-order valence-corrected chi connectivity index (χ3v) is 4.72. The predicted molar refractivity (Wildman–Crippen MR) is 93.6 cm³/mol. The zero-order valence-corrected chi connectivity index (χ0v) is 13.9. The molecule has 3 aromatic rings. The summed E-state index contributed by atoms with van der Waals surface area (Å²) in [6, 6.07) is 11.6. The molecule has 0 fully saturated rings. The highest BCUT2D eigenvalue weighted by molar-refractivity contribution is 8.00. The van der Waals surface area contributed by atoms with E-state index in [2.05, 4.69) is 20.3 Å². The van der Waals surface area contributed by atoms with Crippen LogP contribution >= 0.6 is 11.8 Å². The number of pyridine rings is 1. The Kier molecular flexibility index (Phi) is 4.62. The molecule has 23 heavy (non-hydrogen) atoms. The lowest BCUT2D eigenvalue weighted by atomic mass is 10.2. The maximum Gasteiger partial charge on any atom is 0.237 e. The smallest absolute Gasteiger partial charge is 0.237 e. The maximum absolute atomic E-state index is 12.5. The Morgan fingerprint density at radius 3 is 2.78 bits per heavy atom. The Hall–Kier alpha value is -2.34. The molecule has 0 aliphatic rings. The Balaban J connectivity index is 1.71. The Labute approximate surface area is 138 Å². The van der Waals surface area contributed by atoms with Crippen molar-refractivity contribution in [1.82, 2.24) is 15.0 Å². The minimum Gasteiger partial charge on any atom is -0.332 e. The van der Waals surface area contributed by atoms with Gasteiger partial charge in [-0.1, -0.05) is 36.4 Å². The number of carbonyl (C=O) groups is 1. The Bertz CT molecular complexity index is 780. The summed E-state index contributed by atoms with van der Waals surface area (Å²) in [5.41, 5.74) is 3.53. The Morgan fingerprint density at radius 1 is 1.30 bits per heavy atom. The SMILES string of the molecule is CC[C@H](Sc1nc2ncccc2[nH]1)C(=O)Nc1ccc(C)cc1. The highest BCUT2D eigenvalue weighted by Gasteiger charge is 2.20. The summed E-state index contributed by atoms with van der Waals surface area (Å²) in [5, 5.41) is 3.46. The van der Waals surface area contributed by atoms with Gasteiger partial charge < -0.3 is 10.3 Å². The lowest BCUT2D eigenvalue weighted by Crippen LogP contribution is -2.24. The van der Waals surface area contributed by atoms with Crippen LogP contribution in [0.25, 0.3) is 11.2 Å². The number of rotatable bonds is 5. The van der Waals surface area contributed by atoms with Crippen molar-refractivity contribution >= 4 is 34.5 Å². The van der Waals surface area contributed by atoms with Gasteiger partial charge in [-0.05, 0) is 37.6 Å². The number of hydrogen-bond acceptors (Lipinski definition) is 4. The van der Waals surface area contributed by atoms with E-state index in [-0.39, 0.29) is 11.2 Å². The highest BCUT2D eigenvalue weighted by Crippen LogP contribution is 2.25. The van der Waals surface area contributed by atoms with Crippen molar-refractivity contribution in [3.8, 4) is 0 Å². The van der Waals surface area contributed by atoms with E-state index in [1.807, 2.05) is 50.2 Å². The molecule has 1 atom stereocenters. The number of fused-ring (bicyclic) bond motifs is 1. The fourth-order valence-corrected chi connectivity index (χ4v) is 3.11. The van der Waals surface area contributed by atoms with Crippen LogP contribution in [0.1, 0.15) is 18.9 Å². The number of thioether (sulfide) groups is 1. The number of benzene rings is 1. The van der Waals surface area contributed by atoms with Crippen molar-refractivity contribution in [2.75, 3.05) is 5.32 Å². The number of carbonyl (C=O) groups excluding carboxylic acids is 1. The molecule has 118 valence electrons. The van der Waals surface area contributed by atoms with Crippen LogP contribution in [0, 0.1) is 6.92 Å². The second kappa shape index (κ2) is 6.83. The number of nitrogens with zero attached hydrogens (tertiary/aromatic N) is 2. The van der Waals surface area contributed by atoms with Crippen molar-refractivity contribution < 1.29 is 4.79 Å². The first-order valence-electron chi connectivity index (χ1n) is 7.50. The van der Waals surface area contributed by atoms with Gasteiger partial charge in [0.1, 0.15) is 0 Å². The van der Waals surface area contributed by atoms with Crippen molar-refractivity contribution in [2.45, 2.75) is 30.7 Å². The monoisotopic (exact) mass is 326 g/mol. The molecule has 6 heteroatoms. The van der Waals surface area contributed by atoms with Gasteiger partial charge in [0.15, 0.2) is 10.8 Å². The third-order valence-electron chi connectivity index (χ3n) is 3.47. The zero-order chi connectivity index (χ0) is 16.2. The molecular formula is C17H18N4OS. The van der Waals surface area contributed by atoms with Gasteiger partial charge in [0.25, 0.3) is 0 Å². The molecule has 0 aliphatic carbocycles. The van der Waals surface area contributed by atoms with Gasteiger partial charge >= 0.3 is 0 Å². The van der Waals surface area contributed by atoms with Crippen molar-refractivity contribution in [3.05, 3.63) is 48.2 Å². The van der Waals surface area contributed by atoms with E-state index in [1.54, 1.807) is 6.20 Å². The molecule has 0 saturated heterocycles. The molecule has 0 unspecified atom stereocenters. The lowest BCUT2D eigenvalue weighted by Gasteiger charge is -2.13. The summed E-state index contributed by atoms with van der Waals surface area (Å²) < 4.78 is 0. The second-order valence-corrected chi connectivity index (χ2v) is 6.48. The minimum atomic E-state index is -0.211. The first kappa shape index (κ1) is 15.6. The number of amides is 1. The van der Waals surface area contributed by atoms with Gasteiger partial charge in [-0.3, -0.25) is 4.79 Å². The molecule has 2 heterocycles. The number of nitrogens with one attached hydrogen (secondary N) is 2. The zero-order valence-electron chi connectivity index (χ0n) is 13.0. The van der Waals surface area contributed by atoms with E-state index in [4.69, 9.17) is 0 Å².